The highest BCUT2D eigenvalue weighted by Gasteiger charge is 2.34. The van der Waals surface area contributed by atoms with Gasteiger partial charge in [-0.2, -0.15) is 0 Å². The summed E-state index contributed by atoms with van der Waals surface area (Å²) in [5.41, 5.74) is 2.58. The number of pyridine rings is 2. The van der Waals surface area contributed by atoms with Crippen molar-refractivity contribution in [3.63, 3.8) is 0 Å². The Balaban J connectivity index is 1.53. The van der Waals surface area contributed by atoms with Gasteiger partial charge in [-0.1, -0.05) is 12.1 Å². The van der Waals surface area contributed by atoms with Gasteiger partial charge < -0.3 is 15.0 Å². The molecule has 152 valence electrons. The summed E-state index contributed by atoms with van der Waals surface area (Å²) in [6, 6.07) is 9.71. The average Bonchev–Trinajstić information content (AvgIpc) is 3.15. The topological polar surface area (TPSA) is 74.6 Å². The van der Waals surface area contributed by atoms with Crippen LogP contribution in [0.2, 0.25) is 0 Å². The minimum atomic E-state index is -0.606. The average molecular weight is 393 g/mol. The number of rotatable bonds is 5. The van der Waals surface area contributed by atoms with Crippen molar-refractivity contribution in [3.8, 4) is 0 Å². The van der Waals surface area contributed by atoms with Crippen molar-refractivity contribution in [3.05, 3.63) is 66.0 Å². The van der Waals surface area contributed by atoms with Crippen molar-refractivity contribution >= 4 is 11.4 Å². The van der Waals surface area contributed by atoms with Crippen LogP contribution in [0.1, 0.15) is 30.9 Å². The Hall–Kier alpha value is -2.77. The molecule has 3 aromatic heterocycles. The Kier molecular flexibility index (Phi) is 5.34. The number of hydrogen-bond donors (Lipinski definition) is 2. The molecular formula is C22H28N6O. The van der Waals surface area contributed by atoms with Gasteiger partial charge in [0.15, 0.2) is 0 Å². The molecule has 4 heterocycles. The summed E-state index contributed by atoms with van der Waals surface area (Å²) < 4.78 is 2.06. The van der Waals surface area contributed by atoms with Crippen molar-refractivity contribution in [2.45, 2.75) is 38.9 Å². The molecule has 7 heteroatoms. The summed E-state index contributed by atoms with van der Waals surface area (Å²) in [5, 5.41) is 6.58. The van der Waals surface area contributed by atoms with Crippen LogP contribution < -0.4 is 10.6 Å². The van der Waals surface area contributed by atoms with E-state index in [0.717, 1.165) is 35.7 Å². The van der Waals surface area contributed by atoms with E-state index in [-0.39, 0.29) is 11.9 Å². The van der Waals surface area contributed by atoms with Gasteiger partial charge in [-0.05, 0) is 44.5 Å². The Morgan fingerprint density at radius 3 is 2.93 bits per heavy atom. The normalized spacial score (nSPS) is 18.1. The van der Waals surface area contributed by atoms with Crippen LogP contribution in [0, 0.1) is 6.92 Å². The van der Waals surface area contributed by atoms with Crippen LogP contribution in [0.5, 0.6) is 0 Å². The van der Waals surface area contributed by atoms with Gasteiger partial charge >= 0.3 is 0 Å². The Labute approximate surface area is 171 Å². The maximum Gasteiger partial charge on any atom is 0.239 e. The molecule has 1 aliphatic heterocycles. The molecule has 1 fully saturated rings. The first-order chi connectivity index (χ1) is 14.0. The highest BCUT2D eigenvalue weighted by Crippen LogP contribution is 2.22. The molecule has 7 nitrogen and oxygen atoms in total. The molecule has 4 rings (SSSR count). The van der Waals surface area contributed by atoms with Gasteiger partial charge in [0.2, 0.25) is 5.91 Å². The molecule has 0 spiro atoms. The van der Waals surface area contributed by atoms with E-state index in [2.05, 4.69) is 42.9 Å². The van der Waals surface area contributed by atoms with Crippen LogP contribution in [0.4, 0.5) is 0 Å². The fourth-order valence-electron chi connectivity index (χ4n) is 3.97. The van der Waals surface area contributed by atoms with Crippen molar-refractivity contribution in [1.82, 2.24) is 29.9 Å². The zero-order valence-corrected chi connectivity index (χ0v) is 17.2. The lowest BCUT2D eigenvalue weighted by Gasteiger charge is -2.37. The summed E-state index contributed by atoms with van der Waals surface area (Å²) in [6.07, 6.45) is 5.66. The number of hydrogen-bond acceptors (Lipinski definition) is 5. The second-order valence-corrected chi connectivity index (χ2v) is 8.15. The van der Waals surface area contributed by atoms with Gasteiger partial charge in [0.25, 0.3) is 0 Å². The lowest BCUT2D eigenvalue weighted by Crippen LogP contribution is -2.59. The summed E-state index contributed by atoms with van der Waals surface area (Å²) in [5.74, 6) is 0.826. The Bertz CT molecular complexity index is 997. The Morgan fingerprint density at radius 2 is 2.14 bits per heavy atom. The third-order valence-electron chi connectivity index (χ3n) is 5.53. The van der Waals surface area contributed by atoms with E-state index < -0.39 is 5.54 Å². The molecule has 0 bridgehead atoms. The molecule has 0 saturated carbocycles. The molecule has 3 aromatic rings. The first-order valence-corrected chi connectivity index (χ1v) is 10.1. The molecule has 1 aliphatic rings. The molecule has 1 saturated heterocycles. The lowest BCUT2D eigenvalue weighted by atomic mass is 10.0. The molecule has 29 heavy (non-hydrogen) atoms. The predicted octanol–water partition coefficient (Wildman–Crippen LogP) is 1.86. The number of amides is 1. The van der Waals surface area contributed by atoms with E-state index in [0.29, 0.717) is 13.1 Å². The molecule has 2 N–H and O–H groups in total. The molecule has 0 aliphatic carbocycles. The first kappa shape index (κ1) is 19.5. The number of piperazine rings is 1. The van der Waals surface area contributed by atoms with Gasteiger partial charge in [-0.3, -0.25) is 14.7 Å². The standard InChI is InChI=1S/C22H28N6O/c1-16-7-6-11-28-18(16)14-25-21(28)22(2,3)26-20(29)19-13-23-10-12-27(19)15-17-8-4-5-9-24-17/h4-9,11,14,19,23H,10,12-13,15H2,1-3H3,(H,26,29). The fourth-order valence-corrected chi connectivity index (χ4v) is 3.97. The first-order valence-electron chi connectivity index (χ1n) is 10.1. The van der Waals surface area contributed by atoms with E-state index in [1.807, 2.05) is 50.5 Å². The van der Waals surface area contributed by atoms with Crippen LogP contribution in [-0.2, 0) is 16.9 Å². The van der Waals surface area contributed by atoms with Crippen LogP contribution in [0.25, 0.3) is 5.52 Å². The predicted molar refractivity (Wildman–Crippen MR) is 112 cm³/mol. The van der Waals surface area contributed by atoms with Crippen molar-refractivity contribution in [2.75, 3.05) is 19.6 Å². The molecule has 1 amide bonds. The summed E-state index contributed by atoms with van der Waals surface area (Å²) >= 11 is 0. The van der Waals surface area contributed by atoms with Gasteiger partial charge in [-0.25, -0.2) is 4.98 Å². The zero-order valence-electron chi connectivity index (χ0n) is 17.2. The van der Waals surface area contributed by atoms with E-state index in [9.17, 15) is 4.79 Å². The highest BCUT2D eigenvalue weighted by atomic mass is 16.2. The number of imidazole rings is 1. The van der Waals surface area contributed by atoms with Gasteiger partial charge in [-0.15, -0.1) is 0 Å². The number of fused-ring (bicyclic) bond motifs is 1. The largest absolute Gasteiger partial charge is 0.343 e. The molecule has 0 aromatic carbocycles. The number of nitrogens with one attached hydrogen (secondary N) is 2. The number of aromatic nitrogens is 3. The van der Waals surface area contributed by atoms with Gasteiger partial charge in [0.05, 0.1) is 22.9 Å². The second-order valence-electron chi connectivity index (χ2n) is 8.15. The quantitative estimate of drug-likeness (QED) is 0.693. The van der Waals surface area contributed by atoms with E-state index >= 15 is 0 Å². The van der Waals surface area contributed by atoms with Crippen molar-refractivity contribution in [1.29, 1.82) is 0 Å². The van der Waals surface area contributed by atoms with Crippen molar-refractivity contribution in [2.24, 2.45) is 0 Å². The summed E-state index contributed by atoms with van der Waals surface area (Å²) in [6.45, 7) is 9.02. The van der Waals surface area contributed by atoms with Gasteiger partial charge in [0, 0.05) is 38.6 Å². The number of aryl methyl sites for hydroxylation is 1. The van der Waals surface area contributed by atoms with E-state index in [1.165, 1.54) is 0 Å². The smallest absolute Gasteiger partial charge is 0.239 e. The molecule has 0 radical (unpaired) electrons. The van der Waals surface area contributed by atoms with Crippen LogP contribution >= 0.6 is 0 Å². The second kappa shape index (κ2) is 7.93. The monoisotopic (exact) mass is 392 g/mol. The number of carbonyl (C=O) groups excluding carboxylic acids is 1. The van der Waals surface area contributed by atoms with Crippen LogP contribution in [0.3, 0.4) is 0 Å². The number of nitrogens with zero attached hydrogens (tertiary/aromatic N) is 4. The molecular weight excluding hydrogens is 364 g/mol. The van der Waals surface area contributed by atoms with Gasteiger partial charge in [0.1, 0.15) is 11.9 Å². The third-order valence-corrected chi connectivity index (χ3v) is 5.53. The van der Waals surface area contributed by atoms with Crippen molar-refractivity contribution < 1.29 is 4.79 Å². The third kappa shape index (κ3) is 4.02. The summed E-state index contributed by atoms with van der Waals surface area (Å²) in [4.78, 5) is 24.5. The summed E-state index contributed by atoms with van der Waals surface area (Å²) in [7, 11) is 0. The van der Waals surface area contributed by atoms with E-state index in [4.69, 9.17) is 0 Å². The maximum atomic E-state index is 13.3. The minimum Gasteiger partial charge on any atom is -0.343 e. The molecule has 1 unspecified atom stereocenters. The highest BCUT2D eigenvalue weighted by molar-refractivity contribution is 5.83. The number of carbonyl (C=O) groups is 1. The van der Waals surface area contributed by atoms with E-state index in [1.54, 1.807) is 6.20 Å². The molecule has 1 atom stereocenters. The maximum absolute atomic E-state index is 13.3. The lowest BCUT2D eigenvalue weighted by molar-refractivity contribution is -0.129. The minimum absolute atomic E-state index is 0.00235. The van der Waals surface area contributed by atoms with Crippen LogP contribution in [-0.4, -0.2) is 50.9 Å². The van der Waals surface area contributed by atoms with Crippen LogP contribution in [0.15, 0.2) is 48.9 Å². The Morgan fingerprint density at radius 1 is 1.28 bits per heavy atom. The SMILES string of the molecule is Cc1cccn2c(C(C)(C)NC(=O)C3CNCCN3Cc3ccccn3)ncc12. The zero-order chi connectivity index (χ0) is 20.4. The fraction of sp³-hybridized carbons (Fsp3) is 0.409.